The number of hydrogen-bond donors (Lipinski definition) is 1. The molecule has 208 valence electrons. The number of para-hydroxylation sites is 1. The number of nitrogens with zero attached hydrogens (tertiary/aromatic N) is 3. The molecule has 0 radical (unpaired) electrons. The predicted molar refractivity (Wildman–Crippen MR) is 155 cm³/mol. The molecule has 2 amide bonds. The maximum Gasteiger partial charge on any atom is 0.304 e. The molecule has 0 spiro atoms. The average Bonchev–Trinajstić information content (AvgIpc) is 2.94. The Kier molecular flexibility index (Phi) is 10.7. The first-order valence-electron chi connectivity index (χ1n) is 13.1. The standard InChI is InChI=1S/C30H38N4O4S/c1-5-24(2)31-30(36)28(21-25-15-9-6-10-16-25)33(22-26-17-11-7-12-18-26)29(35)23-34(39(37,38)32(3)4)27-19-13-8-14-20-27/h6-20,24,28H,5,21-23H2,1-4H3,(H,31,36)/t24-,28-/m0/s1. The minimum atomic E-state index is -4.00. The molecule has 9 heteroatoms. The van der Waals surface area contributed by atoms with E-state index in [0.29, 0.717) is 5.69 Å². The first-order chi connectivity index (χ1) is 18.6. The zero-order valence-corrected chi connectivity index (χ0v) is 23.8. The Bertz CT molecular complexity index is 1300. The van der Waals surface area contributed by atoms with Crippen molar-refractivity contribution in [1.29, 1.82) is 0 Å². The fourth-order valence-corrected chi connectivity index (χ4v) is 5.14. The van der Waals surface area contributed by atoms with Crippen molar-refractivity contribution < 1.29 is 18.0 Å². The summed E-state index contributed by atoms with van der Waals surface area (Å²) in [6.45, 7) is 3.59. The summed E-state index contributed by atoms with van der Waals surface area (Å²) in [6.07, 6.45) is 1.02. The highest BCUT2D eigenvalue weighted by molar-refractivity contribution is 7.90. The smallest absolute Gasteiger partial charge is 0.304 e. The van der Waals surface area contributed by atoms with E-state index in [0.717, 1.165) is 26.2 Å². The van der Waals surface area contributed by atoms with E-state index < -0.39 is 28.7 Å². The minimum absolute atomic E-state index is 0.0839. The van der Waals surface area contributed by atoms with Gasteiger partial charge in [0, 0.05) is 33.1 Å². The van der Waals surface area contributed by atoms with Gasteiger partial charge in [0.05, 0.1) is 5.69 Å². The summed E-state index contributed by atoms with van der Waals surface area (Å²) < 4.78 is 28.8. The van der Waals surface area contributed by atoms with Gasteiger partial charge in [0.1, 0.15) is 12.6 Å². The van der Waals surface area contributed by atoms with Crippen LogP contribution in [0.2, 0.25) is 0 Å². The number of hydrogen-bond acceptors (Lipinski definition) is 4. The zero-order chi connectivity index (χ0) is 28.4. The second-order valence-electron chi connectivity index (χ2n) is 9.66. The summed E-state index contributed by atoms with van der Waals surface area (Å²) in [6, 6.07) is 26.5. The highest BCUT2D eigenvalue weighted by atomic mass is 32.2. The third kappa shape index (κ3) is 8.15. The molecule has 39 heavy (non-hydrogen) atoms. The van der Waals surface area contributed by atoms with Crippen LogP contribution in [0, 0.1) is 0 Å². The molecule has 0 fully saturated rings. The van der Waals surface area contributed by atoms with E-state index in [1.165, 1.54) is 19.0 Å². The molecule has 0 heterocycles. The first-order valence-corrected chi connectivity index (χ1v) is 14.5. The van der Waals surface area contributed by atoms with E-state index in [1.54, 1.807) is 30.3 Å². The fourth-order valence-electron chi connectivity index (χ4n) is 4.09. The van der Waals surface area contributed by atoms with Gasteiger partial charge >= 0.3 is 10.2 Å². The van der Waals surface area contributed by atoms with Gasteiger partial charge in [-0.15, -0.1) is 0 Å². The van der Waals surface area contributed by atoms with E-state index in [4.69, 9.17) is 0 Å². The van der Waals surface area contributed by atoms with Crippen molar-refractivity contribution in [3.05, 3.63) is 102 Å². The number of anilines is 1. The third-order valence-corrected chi connectivity index (χ3v) is 8.35. The van der Waals surface area contributed by atoms with Crippen molar-refractivity contribution in [3.8, 4) is 0 Å². The van der Waals surface area contributed by atoms with E-state index in [-0.39, 0.29) is 24.9 Å². The SMILES string of the molecule is CC[C@H](C)NC(=O)[C@H](Cc1ccccc1)N(Cc1ccccc1)C(=O)CN(c1ccccc1)S(=O)(=O)N(C)C. The summed E-state index contributed by atoms with van der Waals surface area (Å²) in [4.78, 5) is 29.3. The van der Waals surface area contributed by atoms with Gasteiger partial charge in [-0.05, 0) is 36.6 Å². The van der Waals surface area contributed by atoms with Crippen LogP contribution in [0.1, 0.15) is 31.4 Å². The van der Waals surface area contributed by atoms with Crippen LogP contribution in [0.5, 0.6) is 0 Å². The van der Waals surface area contributed by atoms with Crippen molar-refractivity contribution >= 4 is 27.7 Å². The number of carbonyl (C=O) groups is 2. The normalized spacial score (nSPS) is 12.9. The van der Waals surface area contributed by atoms with E-state index in [2.05, 4.69) is 5.32 Å². The largest absolute Gasteiger partial charge is 0.352 e. The molecule has 0 saturated heterocycles. The number of carbonyl (C=O) groups excluding carboxylic acids is 2. The number of nitrogens with one attached hydrogen (secondary N) is 1. The Morgan fingerprint density at radius 1 is 0.821 bits per heavy atom. The Hall–Kier alpha value is -3.69. The molecular weight excluding hydrogens is 512 g/mol. The van der Waals surface area contributed by atoms with E-state index in [1.807, 2.05) is 74.5 Å². The lowest BCUT2D eigenvalue weighted by Crippen LogP contribution is -2.55. The summed E-state index contributed by atoms with van der Waals surface area (Å²) in [7, 11) is -1.15. The van der Waals surface area contributed by atoms with Gasteiger partial charge in [0.2, 0.25) is 11.8 Å². The van der Waals surface area contributed by atoms with Crippen LogP contribution >= 0.6 is 0 Å². The molecule has 3 rings (SSSR count). The molecular formula is C30H38N4O4S. The number of amides is 2. The van der Waals surface area contributed by atoms with Crippen LogP contribution in [0.4, 0.5) is 5.69 Å². The number of rotatable bonds is 13. The van der Waals surface area contributed by atoms with Gasteiger partial charge in [-0.25, -0.2) is 4.31 Å². The lowest BCUT2D eigenvalue weighted by molar-refractivity contribution is -0.140. The maximum absolute atomic E-state index is 14.1. The average molecular weight is 551 g/mol. The van der Waals surface area contributed by atoms with Crippen molar-refractivity contribution in [2.24, 2.45) is 0 Å². The van der Waals surface area contributed by atoms with E-state index in [9.17, 15) is 18.0 Å². The van der Waals surface area contributed by atoms with Gasteiger partial charge in [0.15, 0.2) is 0 Å². The molecule has 3 aromatic rings. The Balaban J connectivity index is 2.06. The lowest BCUT2D eigenvalue weighted by Gasteiger charge is -2.34. The van der Waals surface area contributed by atoms with Gasteiger partial charge in [0.25, 0.3) is 0 Å². The van der Waals surface area contributed by atoms with Gasteiger partial charge in [-0.3, -0.25) is 9.59 Å². The molecule has 0 bridgehead atoms. The van der Waals surface area contributed by atoms with Gasteiger partial charge < -0.3 is 10.2 Å². The van der Waals surface area contributed by atoms with Crippen molar-refractivity contribution in [3.63, 3.8) is 0 Å². The molecule has 8 nitrogen and oxygen atoms in total. The molecule has 0 unspecified atom stereocenters. The zero-order valence-electron chi connectivity index (χ0n) is 23.0. The summed E-state index contributed by atoms with van der Waals surface area (Å²) in [5.41, 5.74) is 2.10. The van der Waals surface area contributed by atoms with Gasteiger partial charge in [-0.1, -0.05) is 85.8 Å². The molecule has 0 aromatic heterocycles. The Morgan fingerprint density at radius 3 is 1.85 bits per heavy atom. The Labute approximate surface area is 232 Å². The van der Waals surface area contributed by atoms with Crippen LogP contribution in [-0.2, 0) is 32.8 Å². The fraction of sp³-hybridized carbons (Fsp3) is 0.333. The molecule has 0 saturated carbocycles. The highest BCUT2D eigenvalue weighted by Crippen LogP contribution is 2.21. The van der Waals surface area contributed by atoms with Crippen LogP contribution in [0.3, 0.4) is 0 Å². The monoisotopic (exact) mass is 550 g/mol. The van der Waals surface area contributed by atoms with Crippen LogP contribution in [-0.4, -0.2) is 62.2 Å². The highest BCUT2D eigenvalue weighted by Gasteiger charge is 2.34. The second kappa shape index (κ2) is 13.9. The van der Waals surface area contributed by atoms with E-state index >= 15 is 0 Å². The number of benzene rings is 3. The van der Waals surface area contributed by atoms with Crippen LogP contribution in [0.25, 0.3) is 0 Å². The summed E-state index contributed by atoms with van der Waals surface area (Å²) in [5.74, 6) is -0.757. The molecule has 0 aliphatic heterocycles. The Morgan fingerprint density at radius 2 is 1.33 bits per heavy atom. The summed E-state index contributed by atoms with van der Waals surface area (Å²) >= 11 is 0. The third-order valence-electron chi connectivity index (χ3n) is 6.53. The molecule has 2 atom stereocenters. The molecule has 0 aliphatic carbocycles. The van der Waals surface area contributed by atoms with Crippen LogP contribution < -0.4 is 9.62 Å². The second-order valence-corrected chi connectivity index (χ2v) is 11.7. The van der Waals surface area contributed by atoms with Crippen molar-refractivity contribution in [1.82, 2.24) is 14.5 Å². The molecule has 3 aromatic carbocycles. The van der Waals surface area contributed by atoms with Crippen LogP contribution in [0.15, 0.2) is 91.0 Å². The minimum Gasteiger partial charge on any atom is -0.352 e. The first kappa shape index (κ1) is 29.9. The lowest BCUT2D eigenvalue weighted by atomic mass is 10.0. The van der Waals surface area contributed by atoms with Gasteiger partial charge in [-0.2, -0.15) is 12.7 Å². The topological polar surface area (TPSA) is 90.0 Å². The molecule has 0 aliphatic rings. The summed E-state index contributed by atoms with van der Waals surface area (Å²) in [5, 5.41) is 3.03. The van der Waals surface area contributed by atoms with Crippen molar-refractivity contribution in [2.75, 3.05) is 24.9 Å². The quantitative estimate of drug-likeness (QED) is 0.350. The predicted octanol–water partition coefficient (Wildman–Crippen LogP) is 3.85. The molecule has 1 N–H and O–H groups in total. The van der Waals surface area contributed by atoms with Crippen molar-refractivity contribution in [2.45, 2.75) is 45.3 Å². The maximum atomic E-state index is 14.1.